The molecule has 7 heteroatoms. The van der Waals surface area contributed by atoms with Crippen LogP contribution in [0.5, 0.6) is 0 Å². The zero-order valence-corrected chi connectivity index (χ0v) is 29.5. The van der Waals surface area contributed by atoms with Gasteiger partial charge in [0.15, 0.2) is 6.10 Å². The second kappa shape index (κ2) is 32.7. The summed E-state index contributed by atoms with van der Waals surface area (Å²) >= 11 is 0. The number of aliphatic hydroxyl groups excluding tert-OH is 3. The van der Waals surface area contributed by atoms with Gasteiger partial charge in [0.25, 0.3) is 0 Å². The van der Waals surface area contributed by atoms with Crippen LogP contribution in [0.1, 0.15) is 149 Å². The number of hydrogen-bond acceptors (Lipinski definition) is 7. The standard InChI is InChI=1S/C39H68O7/c1-4-5-19-26-35(41)27-21-16-12-10-13-17-22-28-36(42)29-24-31-38(43)45-33-37(32-40)46-39(44)30-23-18-14-9-7-6-8-11-15-20-25-34(2)3/h12-13,16-17,21-22,27-28,34-37,40-42H,4-11,14-15,18-20,23-26,29-33H2,1-3H3/b16-12-,17-13-,27-21+,28-22+/t35-,36-,37-/m0/s1. The molecule has 3 atom stereocenters. The molecule has 0 aromatic heterocycles. The van der Waals surface area contributed by atoms with E-state index in [0.717, 1.165) is 57.3 Å². The molecule has 0 aromatic rings. The van der Waals surface area contributed by atoms with E-state index in [9.17, 15) is 24.9 Å². The van der Waals surface area contributed by atoms with E-state index >= 15 is 0 Å². The minimum Gasteiger partial charge on any atom is -0.462 e. The number of carbonyl (C=O) groups is 2. The Morgan fingerprint density at radius 3 is 1.67 bits per heavy atom. The minimum absolute atomic E-state index is 0.135. The lowest BCUT2D eigenvalue weighted by Crippen LogP contribution is -2.28. The Bertz CT molecular complexity index is 830. The predicted molar refractivity (Wildman–Crippen MR) is 189 cm³/mol. The third kappa shape index (κ3) is 31.7. The van der Waals surface area contributed by atoms with Crippen LogP contribution in [0.4, 0.5) is 0 Å². The molecule has 0 radical (unpaired) electrons. The summed E-state index contributed by atoms with van der Waals surface area (Å²) in [6.07, 6.45) is 32.4. The van der Waals surface area contributed by atoms with Gasteiger partial charge in [-0.3, -0.25) is 9.59 Å². The van der Waals surface area contributed by atoms with Gasteiger partial charge in [-0.15, -0.1) is 0 Å². The Labute approximate surface area is 281 Å². The monoisotopic (exact) mass is 648 g/mol. The lowest BCUT2D eigenvalue weighted by molar-refractivity contribution is -0.161. The van der Waals surface area contributed by atoms with Gasteiger partial charge >= 0.3 is 11.9 Å². The number of aliphatic hydroxyl groups is 3. The molecule has 0 aliphatic rings. The van der Waals surface area contributed by atoms with Gasteiger partial charge in [-0.05, 0) is 38.0 Å². The topological polar surface area (TPSA) is 113 Å². The van der Waals surface area contributed by atoms with E-state index in [0.29, 0.717) is 19.3 Å². The van der Waals surface area contributed by atoms with Crippen molar-refractivity contribution in [2.45, 2.75) is 167 Å². The smallest absolute Gasteiger partial charge is 0.306 e. The van der Waals surface area contributed by atoms with Crippen molar-refractivity contribution in [1.82, 2.24) is 0 Å². The molecule has 0 aromatic carbocycles. The first-order valence-electron chi connectivity index (χ1n) is 18.3. The van der Waals surface area contributed by atoms with Crippen molar-refractivity contribution >= 4 is 11.9 Å². The van der Waals surface area contributed by atoms with E-state index in [2.05, 4.69) is 20.8 Å². The van der Waals surface area contributed by atoms with Crippen LogP contribution < -0.4 is 0 Å². The molecule has 0 spiro atoms. The van der Waals surface area contributed by atoms with Crippen molar-refractivity contribution in [2.24, 2.45) is 5.92 Å². The summed E-state index contributed by atoms with van der Waals surface area (Å²) in [5, 5.41) is 29.5. The molecular weight excluding hydrogens is 580 g/mol. The maximum atomic E-state index is 12.1. The molecular formula is C39H68O7. The molecule has 3 N–H and O–H groups in total. The maximum Gasteiger partial charge on any atom is 0.306 e. The van der Waals surface area contributed by atoms with E-state index < -0.39 is 24.8 Å². The highest BCUT2D eigenvalue weighted by Gasteiger charge is 2.16. The summed E-state index contributed by atoms with van der Waals surface area (Å²) in [7, 11) is 0. The van der Waals surface area contributed by atoms with Gasteiger partial charge < -0.3 is 24.8 Å². The van der Waals surface area contributed by atoms with E-state index in [1.165, 1.54) is 51.4 Å². The van der Waals surface area contributed by atoms with E-state index in [4.69, 9.17) is 9.47 Å². The maximum absolute atomic E-state index is 12.1. The molecule has 0 unspecified atom stereocenters. The first kappa shape index (κ1) is 43.8. The van der Waals surface area contributed by atoms with Crippen LogP contribution in [0.15, 0.2) is 48.6 Å². The van der Waals surface area contributed by atoms with E-state index in [1.54, 1.807) is 12.2 Å². The van der Waals surface area contributed by atoms with E-state index in [1.807, 2.05) is 36.5 Å². The largest absolute Gasteiger partial charge is 0.462 e. The van der Waals surface area contributed by atoms with Crippen LogP contribution in [0, 0.1) is 5.92 Å². The second-order valence-electron chi connectivity index (χ2n) is 12.8. The third-order valence-electron chi connectivity index (χ3n) is 7.76. The Hall–Kier alpha value is -2.22. The fourth-order valence-electron chi connectivity index (χ4n) is 4.89. The van der Waals surface area contributed by atoms with Crippen molar-refractivity contribution in [3.05, 3.63) is 48.6 Å². The Balaban J connectivity index is 3.86. The van der Waals surface area contributed by atoms with Gasteiger partial charge in [-0.1, -0.05) is 153 Å². The van der Waals surface area contributed by atoms with Crippen LogP contribution in [0.25, 0.3) is 0 Å². The molecule has 0 heterocycles. The quantitative estimate of drug-likeness (QED) is 0.0391. The molecule has 0 aliphatic carbocycles. The zero-order valence-electron chi connectivity index (χ0n) is 29.5. The summed E-state index contributed by atoms with van der Waals surface area (Å²) in [6.45, 7) is 6.14. The molecule has 0 saturated carbocycles. The summed E-state index contributed by atoms with van der Waals surface area (Å²) in [5.74, 6) is -0.0129. The lowest BCUT2D eigenvalue weighted by atomic mass is 10.0. The highest BCUT2D eigenvalue weighted by Crippen LogP contribution is 2.14. The van der Waals surface area contributed by atoms with Gasteiger partial charge in [-0.25, -0.2) is 0 Å². The molecule has 0 rings (SSSR count). The molecule has 0 aliphatic heterocycles. The summed E-state index contributed by atoms with van der Waals surface area (Å²) in [4.78, 5) is 24.2. The van der Waals surface area contributed by atoms with Crippen molar-refractivity contribution < 1.29 is 34.4 Å². The summed E-state index contributed by atoms with van der Waals surface area (Å²) in [6, 6.07) is 0. The first-order valence-corrected chi connectivity index (χ1v) is 18.3. The fraction of sp³-hybridized carbons (Fsp3) is 0.744. The third-order valence-corrected chi connectivity index (χ3v) is 7.76. The van der Waals surface area contributed by atoms with Gasteiger partial charge in [0.1, 0.15) is 6.61 Å². The number of hydrogen-bond donors (Lipinski definition) is 3. The van der Waals surface area contributed by atoms with E-state index in [-0.39, 0.29) is 25.1 Å². The molecule has 46 heavy (non-hydrogen) atoms. The van der Waals surface area contributed by atoms with Crippen molar-refractivity contribution in [1.29, 1.82) is 0 Å². The van der Waals surface area contributed by atoms with Crippen LogP contribution >= 0.6 is 0 Å². The zero-order chi connectivity index (χ0) is 34.1. The average molecular weight is 649 g/mol. The number of rotatable bonds is 31. The summed E-state index contributed by atoms with van der Waals surface area (Å²) < 4.78 is 10.5. The Morgan fingerprint density at radius 1 is 0.630 bits per heavy atom. The van der Waals surface area contributed by atoms with Crippen molar-refractivity contribution in [3.8, 4) is 0 Å². The molecule has 266 valence electrons. The highest BCUT2D eigenvalue weighted by atomic mass is 16.6. The lowest BCUT2D eigenvalue weighted by Gasteiger charge is -2.16. The van der Waals surface area contributed by atoms with Gasteiger partial charge in [0.05, 0.1) is 18.8 Å². The fourth-order valence-corrected chi connectivity index (χ4v) is 4.89. The van der Waals surface area contributed by atoms with Crippen LogP contribution in [0.2, 0.25) is 0 Å². The number of carbonyl (C=O) groups excluding carboxylic acids is 2. The van der Waals surface area contributed by atoms with Crippen LogP contribution in [0.3, 0.4) is 0 Å². The highest BCUT2D eigenvalue weighted by molar-refractivity contribution is 5.70. The van der Waals surface area contributed by atoms with Crippen molar-refractivity contribution in [3.63, 3.8) is 0 Å². The second-order valence-corrected chi connectivity index (χ2v) is 12.8. The SMILES string of the molecule is CCCCC[C@H](O)/C=C/C=C\C/C=C\C=C\[C@H](O)CCCC(=O)OC[C@H](CO)OC(=O)CCCCCCCCCCCCC(C)C. The van der Waals surface area contributed by atoms with Crippen LogP contribution in [-0.4, -0.2) is 58.8 Å². The molecule has 0 bridgehead atoms. The summed E-state index contributed by atoms with van der Waals surface area (Å²) in [5.41, 5.74) is 0. The minimum atomic E-state index is -0.856. The number of allylic oxidation sites excluding steroid dienone is 6. The average Bonchev–Trinajstić information content (AvgIpc) is 3.02. The van der Waals surface area contributed by atoms with Gasteiger partial charge in [0, 0.05) is 12.8 Å². The Kier molecular flexibility index (Phi) is 31.1. The first-order chi connectivity index (χ1) is 22.3. The number of unbranched alkanes of at least 4 members (excludes halogenated alkanes) is 11. The van der Waals surface area contributed by atoms with Gasteiger partial charge in [0.2, 0.25) is 0 Å². The molecule has 0 fully saturated rings. The number of ether oxygens (including phenoxy) is 2. The van der Waals surface area contributed by atoms with Gasteiger partial charge in [-0.2, -0.15) is 0 Å². The molecule has 0 saturated heterocycles. The van der Waals surface area contributed by atoms with Crippen LogP contribution in [-0.2, 0) is 19.1 Å². The normalized spacial score (nSPS) is 14.2. The predicted octanol–water partition coefficient (Wildman–Crippen LogP) is 8.86. The Morgan fingerprint density at radius 2 is 1.13 bits per heavy atom. The molecule has 0 amide bonds. The molecule has 7 nitrogen and oxygen atoms in total. The van der Waals surface area contributed by atoms with Crippen molar-refractivity contribution in [2.75, 3.05) is 13.2 Å². The number of esters is 2.